The minimum absolute atomic E-state index is 0.0568. The minimum Gasteiger partial charge on any atom is -0.380 e. The van der Waals surface area contributed by atoms with Crippen molar-refractivity contribution in [2.24, 2.45) is 7.05 Å². The van der Waals surface area contributed by atoms with Gasteiger partial charge >= 0.3 is 0 Å². The SMILES string of the molecule is Cn1cnc(S(=O)(=O)N2C[C@H](Nc3cccc(F)c3)[C@@H](c3ccccc3F)C2)c1. The highest BCUT2D eigenvalue weighted by Gasteiger charge is 2.41. The molecule has 0 radical (unpaired) electrons. The van der Waals surface area contributed by atoms with E-state index >= 15 is 0 Å². The van der Waals surface area contributed by atoms with Gasteiger partial charge in [-0.05, 0) is 29.8 Å². The van der Waals surface area contributed by atoms with E-state index in [0.717, 1.165) is 0 Å². The highest BCUT2D eigenvalue weighted by atomic mass is 32.2. The largest absolute Gasteiger partial charge is 0.380 e. The normalized spacial score (nSPS) is 20.1. The Hall–Kier alpha value is -2.78. The van der Waals surface area contributed by atoms with Crippen LogP contribution in [0.1, 0.15) is 11.5 Å². The molecule has 0 amide bonds. The molecule has 2 atom stereocenters. The van der Waals surface area contributed by atoms with Gasteiger partial charge in [-0.1, -0.05) is 24.3 Å². The molecule has 29 heavy (non-hydrogen) atoms. The predicted octanol–water partition coefficient (Wildman–Crippen LogP) is 2.97. The number of hydrogen-bond acceptors (Lipinski definition) is 4. The average molecular weight is 418 g/mol. The summed E-state index contributed by atoms with van der Waals surface area (Å²) in [5, 5.41) is 3.12. The monoisotopic (exact) mass is 418 g/mol. The van der Waals surface area contributed by atoms with Crippen LogP contribution in [0.3, 0.4) is 0 Å². The molecule has 2 heterocycles. The van der Waals surface area contributed by atoms with E-state index in [1.165, 1.54) is 35.0 Å². The third-order valence-electron chi connectivity index (χ3n) is 5.05. The van der Waals surface area contributed by atoms with Gasteiger partial charge in [-0.25, -0.2) is 22.2 Å². The standard InChI is InChI=1S/C20H20F2N4O2S/c1-25-12-20(23-13-25)29(27,28)26-10-17(16-7-2-3-8-18(16)22)19(11-26)24-15-6-4-5-14(21)9-15/h2-9,12-13,17,19,24H,10-11H2,1H3/t17-,19+/m1/s1. The van der Waals surface area contributed by atoms with Crippen LogP contribution in [-0.2, 0) is 17.1 Å². The summed E-state index contributed by atoms with van der Waals surface area (Å²) in [4.78, 5) is 3.96. The molecule has 1 aliphatic rings. The van der Waals surface area contributed by atoms with Crippen LogP contribution in [0, 0.1) is 11.6 Å². The minimum atomic E-state index is -3.84. The second-order valence-corrected chi connectivity index (χ2v) is 8.97. The van der Waals surface area contributed by atoms with Gasteiger partial charge in [0.2, 0.25) is 0 Å². The van der Waals surface area contributed by atoms with Gasteiger partial charge in [-0.2, -0.15) is 4.31 Å². The molecule has 4 rings (SSSR count). The number of benzene rings is 2. The average Bonchev–Trinajstić information content (AvgIpc) is 3.30. The molecule has 0 aliphatic carbocycles. The number of aromatic nitrogens is 2. The Morgan fingerprint density at radius 1 is 1.10 bits per heavy atom. The van der Waals surface area contributed by atoms with Crippen molar-refractivity contribution >= 4 is 15.7 Å². The summed E-state index contributed by atoms with van der Waals surface area (Å²) >= 11 is 0. The number of imidazole rings is 1. The Labute approximate surface area is 167 Å². The Morgan fingerprint density at radius 2 is 1.90 bits per heavy atom. The molecule has 3 aromatic rings. The van der Waals surface area contributed by atoms with Crippen molar-refractivity contribution in [3.05, 3.63) is 78.3 Å². The Balaban J connectivity index is 1.68. The van der Waals surface area contributed by atoms with Crippen LogP contribution < -0.4 is 5.32 Å². The smallest absolute Gasteiger partial charge is 0.262 e. The van der Waals surface area contributed by atoms with Crippen molar-refractivity contribution in [1.29, 1.82) is 0 Å². The van der Waals surface area contributed by atoms with Crippen LogP contribution in [0.4, 0.5) is 14.5 Å². The predicted molar refractivity (Wildman–Crippen MR) is 105 cm³/mol. The van der Waals surface area contributed by atoms with Gasteiger partial charge in [0.25, 0.3) is 10.0 Å². The maximum atomic E-state index is 14.5. The highest BCUT2D eigenvalue weighted by molar-refractivity contribution is 7.89. The van der Waals surface area contributed by atoms with Crippen molar-refractivity contribution in [2.45, 2.75) is 17.0 Å². The zero-order valence-corrected chi connectivity index (χ0v) is 16.5. The van der Waals surface area contributed by atoms with Crippen LogP contribution >= 0.6 is 0 Å². The number of anilines is 1. The quantitative estimate of drug-likeness (QED) is 0.692. The van der Waals surface area contributed by atoms with E-state index in [9.17, 15) is 17.2 Å². The molecule has 1 saturated heterocycles. The summed E-state index contributed by atoms with van der Waals surface area (Å²) in [6, 6.07) is 11.8. The maximum absolute atomic E-state index is 14.5. The van der Waals surface area contributed by atoms with E-state index in [4.69, 9.17) is 0 Å². The summed E-state index contributed by atoms with van der Waals surface area (Å²) in [6.07, 6.45) is 2.85. The molecule has 1 aliphatic heterocycles. The number of rotatable bonds is 5. The van der Waals surface area contributed by atoms with Gasteiger partial charge in [-0.15, -0.1) is 0 Å². The first kappa shape index (κ1) is 19.5. The fourth-order valence-electron chi connectivity index (χ4n) is 3.65. The van der Waals surface area contributed by atoms with Gasteiger partial charge in [0.15, 0.2) is 5.03 Å². The summed E-state index contributed by atoms with van der Waals surface area (Å²) < 4.78 is 57.0. The van der Waals surface area contributed by atoms with Crippen molar-refractivity contribution < 1.29 is 17.2 Å². The maximum Gasteiger partial charge on any atom is 0.262 e. The topological polar surface area (TPSA) is 67.2 Å². The highest BCUT2D eigenvalue weighted by Crippen LogP contribution is 2.34. The molecule has 6 nitrogen and oxygen atoms in total. The van der Waals surface area contributed by atoms with Crippen molar-refractivity contribution in [3.8, 4) is 0 Å². The first-order chi connectivity index (χ1) is 13.8. The first-order valence-corrected chi connectivity index (χ1v) is 10.5. The van der Waals surface area contributed by atoms with Crippen LogP contribution in [0.2, 0.25) is 0 Å². The molecule has 152 valence electrons. The van der Waals surface area contributed by atoms with E-state index in [2.05, 4.69) is 10.3 Å². The van der Waals surface area contributed by atoms with Crippen molar-refractivity contribution in [3.63, 3.8) is 0 Å². The zero-order chi connectivity index (χ0) is 20.6. The van der Waals surface area contributed by atoms with Crippen LogP contribution in [0.25, 0.3) is 0 Å². The Kier molecular flexibility index (Phi) is 5.10. The number of nitrogens with zero attached hydrogens (tertiary/aromatic N) is 3. The third-order valence-corrected chi connectivity index (χ3v) is 6.77. The van der Waals surface area contributed by atoms with Gasteiger partial charge in [0.05, 0.1) is 6.33 Å². The fourth-order valence-corrected chi connectivity index (χ4v) is 5.11. The Bertz CT molecular complexity index is 1130. The third kappa shape index (κ3) is 3.88. The summed E-state index contributed by atoms with van der Waals surface area (Å²) in [5.74, 6) is -1.26. The molecule has 1 fully saturated rings. The Morgan fingerprint density at radius 3 is 2.59 bits per heavy atom. The van der Waals surface area contributed by atoms with Gasteiger partial charge in [0, 0.05) is 44.0 Å². The molecule has 1 N–H and O–H groups in total. The molecule has 1 aromatic heterocycles. The second-order valence-electron chi connectivity index (χ2n) is 7.09. The molecule has 9 heteroatoms. The van der Waals surface area contributed by atoms with Gasteiger partial charge in [-0.3, -0.25) is 0 Å². The van der Waals surface area contributed by atoms with Gasteiger partial charge in [0.1, 0.15) is 11.6 Å². The first-order valence-electron chi connectivity index (χ1n) is 9.09. The number of sulfonamides is 1. The van der Waals surface area contributed by atoms with E-state index in [-0.39, 0.29) is 18.1 Å². The zero-order valence-electron chi connectivity index (χ0n) is 15.7. The lowest BCUT2D eigenvalue weighted by Crippen LogP contribution is -2.32. The lowest BCUT2D eigenvalue weighted by molar-refractivity contribution is 0.467. The van der Waals surface area contributed by atoms with Crippen LogP contribution in [0.15, 0.2) is 66.1 Å². The van der Waals surface area contributed by atoms with E-state index in [0.29, 0.717) is 11.3 Å². The van der Waals surface area contributed by atoms with Crippen molar-refractivity contribution in [2.75, 3.05) is 18.4 Å². The van der Waals surface area contributed by atoms with E-state index < -0.39 is 33.6 Å². The molecule has 0 unspecified atom stereocenters. The molecule has 2 aromatic carbocycles. The van der Waals surface area contributed by atoms with Gasteiger partial charge < -0.3 is 9.88 Å². The van der Waals surface area contributed by atoms with E-state index in [1.54, 1.807) is 41.9 Å². The molecular weight excluding hydrogens is 398 g/mol. The van der Waals surface area contributed by atoms with Crippen LogP contribution in [0.5, 0.6) is 0 Å². The number of nitrogens with one attached hydrogen (secondary N) is 1. The molecular formula is C20H20F2N4O2S. The summed E-state index contributed by atoms with van der Waals surface area (Å²) in [6.45, 7) is 0.196. The summed E-state index contributed by atoms with van der Waals surface area (Å²) in [7, 11) is -2.15. The van der Waals surface area contributed by atoms with E-state index in [1.807, 2.05) is 0 Å². The lowest BCUT2D eigenvalue weighted by atomic mass is 9.93. The lowest BCUT2D eigenvalue weighted by Gasteiger charge is -2.21. The fraction of sp³-hybridized carbons (Fsp3) is 0.250. The number of aryl methyl sites for hydroxylation is 1. The molecule has 0 saturated carbocycles. The summed E-state index contributed by atoms with van der Waals surface area (Å²) in [5.41, 5.74) is 0.925. The van der Waals surface area contributed by atoms with Crippen molar-refractivity contribution in [1.82, 2.24) is 13.9 Å². The number of halogens is 2. The second kappa shape index (κ2) is 7.57. The van der Waals surface area contributed by atoms with Crippen LogP contribution in [-0.4, -0.2) is 41.4 Å². The molecule has 0 bridgehead atoms. The number of hydrogen-bond donors (Lipinski definition) is 1. The molecule has 0 spiro atoms.